The zero-order valence-electron chi connectivity index (χ0n) is 17.4. The van der Waals surface area contributed by atoms with E-state index >= 15 is 0 Å². The molecule has 2 fully saturated rings. The van der Waals surface area contributed by atoms with Crippen LogP contribution in [0.2, 0.25) is 5.02 Å². The molecule has 166 valence electrons. The first kappa shape index (κ1) is 22.8. The molecule has 2 aliphatic rings. The van der Waals surface area contributed by atoms with Crippen LogP contribution < -0.4 is 10.5 Å². The van der Waals surface area contributed by atoms with Crippen LogP contribution >= 0.6 is 11.6 Å². The molecule has 8 nitrogen and oxygen atoms in total. The van der Waals surface area contributed by atoms with E-state index in [1.807, 2.05) is 0 Å². The van der Waals surface area contributed by atoms with E-state index in [4.69, 9.17) is 17.3 Å². The number of halogens is 1. The van der Waals surface area contributed by atoms with Crippen LogP contribution in [0.3, 0.4) is 0 Å². The predicted molar refractivity (Wildman–Crippen MR) is 114 cm³/mol. The van der Waals surface area contributed by atoms with Crippen LogP contribution in [0.5, 0.6) is 0 Å². The number of benzene rings is 1. The number of carbonyl (C=O) groups excluding carboxylic acids is 1. The molecule has 0 saturated heterocycles. The monoisotopic (exact) mass is 457 g/mol. The average Bonchev–Trinajstić information content (AvgIpc) is 3.34. The number of amides is 1. The summed E-state index contributed by atoms with van der Waals surface area (Å²) in [5, 5.41) is 10.8. The van der Waals surface area contributed by atoms with Crippen LogP contribution in [0, 0.1) is 32.8 Å². The van der Waals surface area contributed by atoms with Crippen LogP contribution in [-0.4, -0.2) is 19.2 Å². The molecule has 3 N–H and O–H groups in total. The summed E-state index contributed by atoms with van der Waals surface area (Å²) in [5.41, 5.74) is 4.84. The van der Waals surface area contributed by atoms with Gasteiger partial charge in [0.15, 0.2) is 0 Å². The second-order valence-corrected chi connectivity index (χ2v) is 11.4. The summed E-state index contributed by atoms with van der Waals surface area (Å²) in [6.45, 7) is 6.74. The Labute approximate surface area is 181 Å². The number of sulfonamides is 1. The molecule has 0 radical (unpaired) electrons. The number of anilines is 1. The normalized spacial score (nSPS) is 26.4. The number of hydrogen-bond acceptors (Lipinski definition) is 6. The molecule has 0 aromatic heterocycles. The van der Waals surface area contributed by atoms with Gasteiger partial charge in [-0.2, -0.15) is 0 Å². The van der Waals surface area contributed by atoms with Crippen LogP contribution in [0.25, 0.3) is 0 Å². The summed E-state index contributed by atoms with van der Waals surface area (Å²) in [7, 11) is -4.35. The van der Waals surface area contributed by atoms with Gasteiger partial charge in [-0.25, -0.2) is 13.1 Å². The summed E-state index contributed by atoms with van der Waals surface area (Å²) in [4.78, 5) is 22.5. The molecule has 10 heteroatoms. The van der Waals surface area contributed by atoms with Crippen molar-refractivity contribution in [2.75, 3.05) is 5.73 Å². The van der Waals surface area contributed by atoms with Gasteiger partial charge in [-0.15, -0.1) is 0 Å². The van der Waals surface area contributed by atoms with E-state index in [0.717, 1.165) is 44.2 Å². The van der Waals surface area contributed by atoms with Crippen molar-refractivity contribution in [3.05, 3.63) is 27.3 Å². The summed E-state index contributed by atoms with van der Waals surface area (Å²) in [5.74, 6) is -0.324. The Bertz CT molecular complexity index is 984. The minimum absolute atomic E-state index is 0.128. The van der Waals surface area contributed by atoms with Crippen molar-refractivity contribution in [1.29, 1.82) is 0 Å². The van der Waals surface area contributed by atoms with Crippen molar-refractivity contribution >= 4 is 38.9 Å². The first-order valence-electron chi connectivity index (χ1n) is 10.1. The van der Waals surface area contributed by atoms with E-state index < -0.39 is 31.4 Å². The Morgan fingerprint density at radius 3 is 2.50 bits per heavy atom. The fourth-order valence-corrected chi connectivity index (χ4v) is 6.29. The van der Waals surface area contributed by atoms with E-state index in [2.05, 4.69) is 25.5 Å². The number of nitrogens with two attached hydrogens (primary N) is 1. The van der Waals surface area contributed by atoms with Crippen molar-refractivity contribution in [1.82, 2.24) is 4.72 Å². The lowest BCUT2D eigenvalue weighted by Gasteiger charge is -2.39. The van der Waals surface area contributed by atoms with E-state index in [1.54, 1.807) is 0 Å². The second kappa shape index (κ2) is 7.67. The third kappa shape index (κ3) is 4.14. The number of nitrogen functional groups attached to an aromatic ring is 1. The van der Waals surface area contributed by atoms with Gasteiger partial charge < -0.3 is 5.73 Å². The van der Waals surface area contributed by atoms with E-state index in [1.165, 1.54) is 0 Å². The molecule has 2 aliphatic carbocycles. The lowest BCUT2D eigenvalue weighted by Crippen LogP contribution is -2.35. The van der Waals surface area contributed by atoms with Crippen LogP contribution in [-0.2, 0) is 14.8 Å². The Balaban J connectivity index is 1.71. The Kier molecular flexibility index (Phi) is 5.83. The summed E-state index contributed by atoms with van der Waals surface area (Å²) in [6, 6.07) is 1.79. The van der Waals surface area contributed by atoms with Gasteiger partial charge in [0.25, 0.3) is 15.7 Å². The third-order valence-corrected chi connectivity index (χ3v) is 9.12. The fraction of sp³-hybridized carbons (Fsp3) is 0.650. The number of nitro groups is 1. The maximum atomic E-state index is 12.7. The molecule has 1 spiro atoms. The zero-order chi connectivity index (χ0) is 22.5. The minimum atomic E-state index is -4.35. The second-order valence-electron chi connectivity index (χ2n) is 9.30. The molecule has 0 aliphatic heterocycles. The molecule has 0 bridgehead atoms. The van der Waals surface area contributed by atoms with Gasteiger partial charge in [0.05, 0.1) is 9.95 Å². The average molecular weight is 458 g/mol. The van der Waals surface area contributed by atoms with E-state index in [0.29, 0.717) is 12.3 Å². The zero-order valence-corrected chi connectivity index (χ0v) is 19.0. The highest BCUT2D eigenvalue weighted by Crippen LogP contribution is 2.63. The quantitative estimate of drug-likeness (QED) is 0.372. The predicted octanol–water partition coefficient (Wildman–Crippen LogP) is 4.27. The van der Waals surface area contributed by atoms with Crippen LogP contribution in [0.1, 0.15) is 59.3 Å². The van der Waals surface area contributed by atoms with E-state index in [-0.39, 0.29) is 27.5 Å². The first-order chi connectivity index (χ1) is 13.8. The number of nitro benzene ring substituents is 1. The molecule has 2 saturated carbocycles. The third-order valence-electron chi connectivity index (χ3n) is 7.31. The fourth-order valence-electron chi connectivity index (χ4n) is 4.71. The SMILES string of the molecule is CCC(C)(C)C1CCC2(CC1)CC2C(=O)NS(=O)(=O)c1cc([N+](=O)[O-])c(N)cc1Cl. The minimum Gasteiger partial charge on any atom is -0.393 e. The molecule has 3 rings (SSSR count). The summed E-state index contributed by atoms with van der Waals surface area (Å²) in [6.07, 6.45) is 5.66. The van der Waals surface area contributed by atoms with Gasteiger partial charge >= 0.3 is 0 Å². The first-order valence-corrected chi connectivity index (χ1v) is 12.0. The smallest absolute Gasteiger partial charge is 0.293 e. The molecule has 1 aromatic carbocycles. The maximum Gasteiger partial charge on any atom is 0.293 e. The molecule has 1 unspecified atom stereocenters. The van der Waals surface area contributed by atoms with Crippen molar-refractivity contribution in [3.8, 4) is 0 Å². The van der Waals surface area contributed by atoms with Crippen molar-refractivity contribution < 1.29 is 18.1 Å². The molecule has 1 aromatic rings. The number of nitrogens with zero attached hydrogens (tertiary/aromatic N) is 1. The van der Waals surface area contributed by atoms with Crippen LogP contribution in [0.4, 0.5) is 11.4 Å². The lowest BCUT2D eigenvalue weighted by molar-refractivity contribution is -0.384. The summed E-state index contributed by atoms with van der Waals surface area (Å²) >= 11 is 5.95. The topological polar surface area (TPSA) is 132 Å². The number of carbonyl (C=O) groups is 1. The lowest BCUT2D eigenvalue weighted by atomic mass is 9.66. The standard InChI is InChI=1S/C20H28ClN3O5S/c1-4-19(2,3)12-5-7-20(8-6-12)11-13(20)18(25)23-30(28,29)17-10-16(24(26)27)15(22)9-14(17)21/h9-10,12-13H,4-8,11,22H2,1-3H3,(H,23,25). The van der Waals surface area contributed by atoms with Gasteiger partial charge in [0.1, 0.15) is 10.6 Å². The number of hydrogen-bond donors (Lipinski definition) is 2. The van der Waals surface area contributed by atoms with Crippen molar-refractivity contribution in [3.63, 3.8) is 0 Å². The molecular formula is C20H28ClN3O5S. The maximum absolute atomic E-state index is 12.7. The number of rotatable bonds is 6. The molecule has 1 atom stereocenters. The van der Waals surface area contributed by atoms with Gasteiger partial charge in [-0.1, -0.05) is 38.8 Å². The van der Waals surface area contributed by atoms with Crippen molar-refractivity contribution in [2.45, 2.75) is 64.2 Å². The van der Waals surface area contributed by atoms with Gasteiger partial charge in [0.2, 0.25) is 5.91 Å². The van der Waals surface area contributed by atoms with Gasteiger partial charge in [0, 0.05) is 12.0 Å². The molecule has 0 heterocycles. The highest BCUT2D eigenvalue weighted by atomic mass is 35.5. The van der Waals surface area contributed by atoms with Crippen LogP contribution in [0.15, 0.2) is 17.0 Å². The Morgan fingerprint density at radius 2 is 1.97 bits per heavy atom. The van der Waals surface area contributed by atoms with Gasteiger partial charge in [-0.3, -0.25) is 14.9 Å². The van der Waals surface area contributed by atoms with Crippen molar-refractivity contribution in [2.24, 2.45) is 22.7 Å². The Morgan fingerprint density at radius 1 is 1.37 bits per heavy atom. The Hall–Kier alpha value is -1.87. The molecule has 30 heavy (non-hydrogen) atoms. The van der Waals surface area contributed by atoms with Gasteiger partial charge in [-0.05, 0) is 54.9 Å². The van der Waals surface area contributed by atoms with E-state index in [9.17, 15) is 23.3 Å². The largest absolute Gasteiger partial charge is 0.393 e. The highest BCUT2D eigenvalue weighted by Gasteiger charge is 2.59. The highest BCUT2D eigenvalue weighted by molar-refractivity contribution is 7.90. The number of nitrogens with one attached hydrogen (secondary N) is 1. The summed E-state index contributed by atoms with van der Waals surface area (Å²) < 4.78 is 27.5. The molecule has 1 amide bonds. The molecular weight excluding hydrogens is 430 g/mol.